The number of aromatic nitrogens is 2. The maximum absolute atomic E-state index is 5.36. The van der Waals surface area contributed by atoms with Crippen LogP contribution < -0.4 is 10.1 Å². The molecule has 110 valence electrons. The predicted octanol–water partition coefficient (Wildman–Crippen LogP) is 2.85. The monoisotopic (exact) mass is 301 g/mol. The summed E-state index contributed by atoms with van der Waals surface area (Å²) in [5, 5.41) is 5.07. The Morgan fingerprint density at radius 1 is 1.38 bits per heavy atom. The Balaban J connectivity index is 1.85. The van der Waals surface area contributed by atoms with Gasteiger partial charge in [-0.2, -0.15) is 0 Å². The van der Waals surface area contributed by atoms with Crippen LogP contribution in [-0.4, -0.2) is 28.9 Å². The molecule has 0 fully saturated rings. The first-order valence-electron chi connectivity index (χ1n) is 7.14. The van der Waals surface area contributed by atoms with Gasteiger partial charge >= 0.3 is 0 Å². The van der Waals surface area contributed by atoms with Gasteiger partial charge in [-0.25, -0.2) is 9.97 Å². The first kappa shape index (κ1) is 14.4. The van der Waals surface area contributed by atoms with E-state index in [4.69, 9.17) is 4.74 Å². The van der Waals surface area contributed by atoms with Crippen molar-refractivity contribution < 1.29 is 4.74 Å². The molecule has 1 aliphatic carbocycles. The lowest BCUT2D eigenvalue weighted by molar-refractivity contribution is 0.413. The molecule has 2 unspecified atom stereocenters. The summed E-state index contributed by atoms with van der Waals surface area (Å²) >= 11 is 1.81. The second-order valence-electron chi connectivity index (χ2n) is 5.01. The van der Waals surface area contributed by atoms with Crippen LogP contribution in [-0.2, 0) is 6.42 Å². The molecule has 4 nitrogen and oxygen atoms in total. The third kappa shape index (κ3) is 3.04. The van der Waals surface area contributed by atoms with Gasteiger partial charge in [-0.05, 0) is 42.3 Å². The molecule has 0 aliphatic heterocycles. The molecule has 21 heavy (non-hydrogen) atoms. The third-order valence-corrected chi connectivity index (χ3v) is 4.96. The number of thioether (sulfide) groups is 1. The highest BCUT2D eigenvalue weighted by Gasteiger charge is 2.33. The summed E-state index contributed by atoms with van der Waals surface area (Å²) in [6, 6.07) is 8.68. The molecule has 0 saturated carbocycles. The minimum atomic E-state index is 0.333. The van der Waals surface area contributed by atoms with Crippen LogP contribution in [0.15, 0.2) is 41.8 Å². The highest BCUT2D eigenvalue weighted by molar-refractivity contribution is 7.99. The van der Waals surface area contributed by atoms with Crippen molar-refractivity contribution in [2.24, 2.45) is 0 Å². The zero-order valence-electron chi connectivity index (χ0n) is 12.2. The number of hydrogen-bond acceptors (Lipinski definition) is 5. The molecular weight excluding hydrogens is 282 g/mol. The van der Waals surface area contributed by atoms with E-state index in [9.17, 15) is 0 Å². The molecule has 5 heteroatoms. The van der Waals surface area contributed by atoms with E-state index in [1.54, 1.807) is 19.6 Å². The largest absolute Gasteiger partial charge is 0.497 e. The summed E-state index contributed by atoms with van der Waals surface area (Å²) < 4.78 is 5.36. The maximum atomic E-state index is 5.36. The van der Waals surface area contributed by atoms with E-state index in [1.807, 2.05) is 23.9 Å². The molecule has 0 spiro atoms. The molecule has 2 aromatic rings. The van der Waals surface area contributed by atoms with Gasteiger partial charge in [0.05, 0.1) is 12.1 Å². The molecule has 1 aromatic heterocycles. The van der Waals surface area contributed by atoms with Crippen LogP contribution in [0.2, 0.25) is 0 Å². The number of rotatable bonds is 5. The van der Waals surface area contributed by atoms with Crippen LogP contribution in [0.4, 0.5) is 0 Å². The Labute approximate surface area is 129 Å². The molecule has 1 N–H and O–H groups in total. The fourth-order valence-electron chi connectivity index (χ4n) is 2.78. The zero-order chi connectivity index (χ0) is 14.7. The molecule has 3 rings (SSSR count). The lowest BCUT2D eigenvalue weighted by Gasteiger charge is -2.20. The molecule has 1 aromatic carbocycles. The number of methoxy groups -OCH3 is 1. The zero-order valence-corrected chi connectivity index (χ0v) is 13.1. The third-order valence-electron chi connectivity index (χ3n) is 3.73. The van der Waals surface area contributed by atoms with E-state index < -0.39 is 0 Å². The number of fused-ring (bicyclic) bond motifs is 1. The second kappa shape index (κ2) is 6.45. The van der Waals surface area contributed by atoms with Crippen molar-refractivity contribution in [2.45, 2.75) is 29.7 Å². The van der Waals surface area contributed by atoms with Crippen LogP contribution in [0.25, 0.3) is 0 Å². The van der Waals surface area contributed by atoms with Crippen molar-refractivity contribution in [1.29, 1.82) is 0 Å². The molecule has 1 heterocycles. The van der Waals surface area contributed by atoms with Crippen LogP contribution in [0.5, 0.6) is 5.75 Å². The van der Waals surface area contributed by atoms with Crippen molar-refractivity contribution >= 4 is 11.8 Å². The SMILES string of the molecule is CCNC1c2cc(OC)ccc2CC1Sc1ccncn1. The van der Waals surface area contributed by atoms with Gasteiger partial charge in [0.2, 0.25) is 0 Å². The van der Waals surface area contributed by atoms with Crippen LogP contribution in [0.3, 0.4) is 0 Å². The normalized spacial score (nSPS) is 20.3. The van der Waals surface area contributed by atoms with E-state index in [1.165, 1.54) is 11.1 Å². The van der Waals surface area contributed by atoms with E-state index in [0.29, 0.717) is 11.3 Å². The first-order valence-corrected chi connectivity index (χ1v) is 8.02. The fraction of sp³-hybridized carbons (Fsp3) is 0.375. The number of nitrogens with zero attached hydrogens (tertiary/aromatic N) is 2. The van der Waals surface area contributed by atoms with Gasteiger partial charge in [0, 0.05) is 17.5 Å². The summed E-state index contributed by atoms with van der Waals surface area (Å²) in [5.74, 6) is 0.921. The lowest BCUT2D eigenvalue weighted by Crippen LogP contribution is -2.26. The molecule has 0 amide bonds. The Kier molecular flexibility index (Phi) is 4.41. The number of benzene rings is 1. The molecule has 1 aliphatic rings. The predicted molar refractivity (Wildman–Crippen MR) is 84.8 cm³/mol. The Hall–Kier alpha value is -1.59. The number of hydrogen-bond donors (Lipinski definition) is 1. The van der Waals surface area contributed by atoms with Crippen LogP contribution in [0, 0.1) is 0 Å². The maximum Gasteiger partial charge on any atom is 0.119 e. The average molecular weight is 301 g/mol. The lowest BCUT2D eigenvalue weighted by atomic mass is 10.1. The summed E-state index contributed by atoms with van der Waals surface area (Å²) in [6.45, 7) is 3.09. The van der Waals surface area contributed by atoms with Crippen LogP contribution in [0.1, 0.15) is 24.1 Å². The highest BCUT2D eigenvalue weighted by Crippen LogP contribution is 2.42. The van der Waals surface area contributed by atoms with Gasteiger partial charge in [0.25, 0.3) is 0 Å². The smallest absolute Gasteiger partial charge is 0.119 e. The van der Waals surface area contributed by atoms with E-state index >= 15 is 0 Å². The number of nitrogens with one attached hydrogen (secondary N) is 1. The van der Waals surface area contributed by atoms with E-state index in [0.717, 1.165) is 23.7 Å². The summed E-state index contributed by atoms with van der Waals surface area (Å²) in [4.78, 5) is 8.31. The Morgan fingerprint density at radius 2 is 2.29 bits per heavy atom. The summed E-state index contributed by atoms with van der Waals surface area (Å²) in [6.07, 6.45) is 4.45. The summed E-state index contributed by atoms with van der Waals surface area (Å²) in [7, 11) is 1.71. The topological polar surface area (TPSA) is 47.0 Å². The molecule has 0 radical (unpaired) electrons. The standard InChI is InChI=1S/C16H19N3OS/c1-3-18-16-13-9-12(20-2)5-4-11(13)8-14(16)21-15-6-7-17-10-19-15/h4-7,9-10,14,16,18H,3,8H2,1-2H3. The Morgan fingerprint density at radius 3 is 3.00 bits per heavy atom. The van der Waals surface area contributed by atoms with Crippen molar-refractivity contribution in [3.05, 3.63) is 47.9 Å². The first-order chi connectivity index (χ1) is 10.3. The molecule has 0 bridgehead atoms. The fourth-order valence-corrected chi connectivity index (χ4v) is 3.98. The van der Waals surface area contributed by atoms with Gasteiger partial charge in [0.15, 0.2) is 0 Å². The molecule has 2 atom stereocenters. The van der Waals surface area contributed by atoms with Gasteiger partial charge in [-0.3, -0.25) is 0 Å². The van der Waals surface area contributed by atoms with Crippen molar-refractivity contribution in [3.8, 4) is 5.75 Å². The molecular formula is C16H19N3OS. The van der Waals surface area contributed by atoms with E-state index in [2.05, 4.69) is 34.3 Å². The average Bonchev–Trinajstić information content (AvgIpc) is 2.85. The van der Waals surface area contributed by atoms with Gasteiger partial charge in [-0.15, -0.1) is 11.8 Å². The van der Waals surface area contributed by atoms with E-state index in [-0.39, 0.29) is 0 Å². The number of ether oxygens (including phenoxy) is 1. The summed E-state index contributed by atoms with van der Waals surface area (Å²) in [5.41, 5.74) is 2.75. The van der Waals surface area contributed by atoms with Crippen molar-refractivity contribution in [3.63, 3.8) is 0 Å². The van der Waals surface area contributed by atoms with Gasteiger partial charge < -0.3 is 10.1 Å². The van der Waals surface area contributed by atoms with Crippen molar-refractivity contribution in [2.75, 3.05) is 13.7 Å². The van der Waals surface area contributed by atoms with Gasteiger partial charge in [0.1, 0.15) is 12.1 Å². The molecule has 0 saturated heterocycles. The van der Waals surface area contributed by atoms with Crippen molar-refractivity contribution in [1.82, 2.24) is 15.3 Å². The quantitative estimate of drug-likeness (QED) is 0.861. The Bertz CT molecular complexity index is 606. The minimum absolute atomic E-state index is 0.333. The second-order valence-corrected chi connectivity index (χ2v) is 6.27. The van der Waals surface area contributed by atoms with Crippen LogP contribution >= 0.6 is 11.8 Å². The van der Waals surface area contributed by atoms with Gasteiger partial charge in [-0.1, -0.05) is 13.0 Å². The minimum Gasteiger partial charge on any atom is -0.497 e. The highest BCUT2D eigenvalue weighted by atomic mass is 32.2.